The number of ether oxygens (including phenoxy) is 1. The minimum atomic E-state index is 0.233. The summed E-state index contributed by atoms with van der Waals surface area (Å²) < 4.78 is 5.76. The van der Waals surface area contributed by atoms with Crippen LogP contribution in [0.3, 0.4) is 0 Å². The van der Waals surface area contributed by atoms with E-state index in [0.29, 0.717) is 5.92 Å². The van der Waals surface area contributed by atoms with Gasteiger partial charge in [0.2, 0.25) is 0 Å². The Kier molecular flexibility index (Phi) is 4.48. The Balaban J connectivity index is 2.08. The Labute approximate surface area is 110 Å². The third-order valence-electron chi connectivity index (χ3n) is 3.26. The van der Waals surface area contributed by atoms with Gasteiger partial charge >= 0.3 is 0 Å². The number of hydrogen-bond acceptors (Lipinski definition) is 3. The maximum atomic E-state index is 6.23. The average molecular weight is 248 g/mol. The number of benzene rings is 1. The van der Waals surface area contributed by atoms with E-state index in [-0.39, 0.29) is 6.04 Å². The molecule has 100 valence electrons. The normalized spacial score (nSPS) is 17.0. The van der Waals surface area contributed by atoms with Gasteiger partial charge in [0.15, 0.2) is 0 Å². The van der Waals surface area contributed by atoms with Crippen LogP contribution < -0.4 is 15.4 Å². The van der Waals surface area contributed by atoms with Crippen molar-refractivity contribution in [2.24, 2.45) is 11.7 Å². The molecule has 3 heteroatoms. The highest BCUT2D eigenvalue weighted by Gasteiger charge is 2.18. The minimum absolute atomic E-state index is 0.233. The largest absolute Gasteiger partial charge is 0.491 e. The van der Waals surface area contributed by atoms with Crippen LogP contribution in [0.4, 0.5) is 5.69 Å². The van der Waals surface area contributed by atoms with Gasteiger partial charge in [0, 0.05) is 19.1 Å². The Bertz CT molecular complexity index is 379. The predicted octanol–water partition coefficient (Wildman–Crippen LogP) is 2.65. The first-order chi connectivity index (χ1) is 8.66. The van der Waals surface area contributed by atoms with Gasteiger partial charge in [-0.15, -0.1) is 0 Å². The molecule has 0 aromatic heterocycles. The zero-order valence-electron chi connectivity index (χ0n) is 11.4. The molecule has 1 aliphatic rings. The van der Waals surface area contributed by atoms with Crippen LogP contribution in [0, 0.1) is 5.92 Å². The first kappa shape index (κ1) is 13.2. The summed E-state index contributed by atoms with van der Waals surface area (Å²) in [6.45, 7) is 7.19. The third kappa shape index (κ3) is 3.39. The van der Waals surface area contributed by atoms with E-state index < -0.39 is 0 Å². The van der Waals surface area contributed by atoms with Crippen molar-refractivity contribution >= 4 is 5.69 Å². The molecule has 1 heterocycles. The second-order valence-corrected chi connectivity index (χ2v) is 5.51. The van der Waals surface area contributed by atoms with Gasteiger partial charge in [0.25, 0.3) is 0 Å². The molecular weight excluding hydrogens is 224 g/mol. The number of nitrogens with zero attached hydrogens (tertiary/aromatic N) is 1. The summed E-state index contributed by atoms with van der Waals surface area (Å²) in [7, 11) is 0. The molecule has 1 unspecified atom stereocenters. The van der Waals surface area contributed by atoms with Gasteiger partial charge in [-0.05, 0) is 30.9 Å². The highest BCUT2D eigenvalue weighted by molar-refractivity contribution is 5.59. The fraction of sp³-hybridized carbons (Fsp3) is 0.600. The van der Waals surface area contributed by atoms with Gasteiger partial charge in [-0.1, -0.05) is 26.0 Å². The number of rotatable bonds is 4. The molecule has 0 saturated heterocycles. The van der Waals surface area contributed by atoms with Crippen LogP contribution >= 0.6 is 0 Å². The molecule has 0 aliphatic carbocycles. The number of para-hydroxylation sites is 2. The Morgan fingerprint density at radius 2 is 2.11 bits per heavy atom. The van der Waals surface area contributed by atoms with Gasteiger partial charge in [0.05, 0.1) is 12.3 Å². The van der Waals surface area contributed by atoms with Crippen molar-refractivity contribution in [2.75, 3.05) is 24.6 Å². The highest BCUT2D eigenvalue weighted by Crippen LogP contribution is 2.30. The molecule has 1 aromatic rings. The van der Waals surface area contributed by atoms with Gasteiger partial charge in [-0.2, -0.15) is 0 Å². The Morgan fingerprint density at radius 1 is 1.33 bits per heavy atom. The van der Waals surface area contributed by atoms with Crippen LogP contribution in [0.15, 0.2) is 24.3 Å². The highest BCUT2D eigenvalue weighted by atomic mass is 16.5. The van der Waals surface area contributed by atoms with Gasteiger partial charge in [-0.3, -0.25) is 0 Å². The zero-order valence-corrected chi connectivity index (χ0v) is 11.4. The second kappa shape index (κ2) is 6.10. The van der Waals surface area contributed by atoms with Crippen LogP contribution in [0.25, 0.3) is 0 Å². The van der Waals surface area contributed by atoms with Crippen molar-refractivity contribution in [1.82, 2.24) is 0 Å². The Hall–Kier alpha value is -1.22. The van der Waals surface area contributed by atoms with E-state index in [9.17, 15) is 0 Å². The van der Waals surface area contributed by atoms with Crippen LogP contribution in [0.5, 0.6) is 5.75 Å². The zero-order chi connectivity index (χ0) is 13.0. The van der Waals surface area contributed by atoms with Crippen molar-refractivity contribution in [2.45, 2.75) is 32.7 Å². The van der Waals surface area contributed by atoms with Crippen LogP contribution in [0.2, 0.25) is 0 Å². The molecule has 0 spiro atoms. The number of hydrogen-bond donors (Lipinski definition) is 1. The molecule has 3 nitrogen and oxygen atoms in total. The van der Waals surface area contributed by atoms with Gasteiger partial charge in [0.1, 0.15) is 5.75 Å². The lowest BCUT2D eigenvalue weighted by atomic mass is 10.0. The summed E-state index contributed by atoms with van der Waals surface area (Å²) >= 11 is 0. The molecule has 0 saturated carbocycles. The second-order valence-electron chi connectivity index (χ2n) is 5.51. The predicted molar refractivity (Wildman–Crippen MR) is 76.2 cm³/mol. The lowest BCUT2D eigenvalue weighted by Crippen LogP contribution is -2.38. The smallest absolute Gasteiger partial charge is 0.142 e. The Morgan fingerprint density at radius 3 is 2.89 bits per heavy atom. The average Bonchev–Trinajstić information content (AvgIpc) is 2.51. The lowest BCUT2D eigenvalue weighted by molar-refractivity contribution is 0.322. The molecule has 1 aromatic carbocycles. The fourth-order valence-corrected chi connectivity index (χ4v) is 2.55. The summed E-state index contributed by atoms with van der Waals surface area (Å²) in [6.07, 6.45) is 2.13. The molecular formula is C15H24N2O. The van der Waals surface area contributed by atoms with Crippen LogP contribution in [-0.4, -0.2) is 25.7 Å². The van der Waals surface area contributed by atoms with E-state index in [2.05, 4.69) is 30.9 Å². The molecule has 0 fully saturated rings. The van der Waals surface area contributed by atoms with E-state index in [1.54, 1.807) is 0 Å². The molecule has 1 atom stereocenters. The molecule has 2 rings (SSSR count). The van der Waals surface area contributed by atoms with Crippen LogP contribution in [-0.2, 0) is 0 Å². The maximum absolute atomic E-state index is 6.23. The molecule has 18 heavy (non-hydrogen) atoms. The maximum Gasteiger partial charge on any atom is 0.142 e. The van der Waals surface area contributed by atoms with Crippen molar-refractivity contribution in [3.8, 4) is 5.75 Å². The monoisotopic (exact) mass is 248 g/mol. The third-order valence-corrected chi connectivity index (χ3v) is 3.26. The summed E-state index contributed by atoms with van der Waals surface area (Å²) in [4.78, 5) is 2.37. The van der Waals surface area contributed by atoms with E-state index in [1.807, 2.05) is 12.1 Å². The SMILES string of the molecule is CC(C)CC(N)CN1CCCOc2ccccc21. The number of nitrogens with two attached hydrogens (primary N) is 1. The quantitative estimate of drug-likeness (QED) is 0.890. The van der Waals surface area contributed by atoms with Gasteiger partial charge in [-0.25, -0.2) is 0 Å². The minimum Gasteiger partial charge on any atom is -0.491 e. The molecule has 0 radical (unpaired) electrons. The van der Waals surface area contributed by atoms with Crippen molar-refractivity contribution in [1.29, 1.82) is 0 Å². The van der Waals surface area contributed by atoms with Gasteiger partial charge < -0.3 is 15.4 Å². The summed E-state index contributed by atoms with van der Waals surface area (Å²) in [5.41, 5.74) is 7.42. The van der Waals surface area contributed by atoms with Crippen molar-refractivity contribution < 1.29 is 4.74 Å². The summed E-state index contributed by atoms with van der Waals surface area (Å²) in [6, 6.07) is 8.49. The van der Waals surface area contributed by atoms with E-state index in [0.717, 1.165) is 38.3 Å². The standard InChI is InChI=1S/C15H24N2O/c1-12(2)10-13(16)11-17-8-5-9-18-15-7-4-3-6-14(15)17/h3-4,6-7,12-13H,5,8-11,16H2,1-2H3. The lowest BCUT2D eigenvalue weighted by Gasteiger charge is -2.27. The van der Waals surface area contributed by atoms with E-state index in [1.165, 1.54) is 5.69 Å². The summed E-state index contributed by atoms with van der Waals surface area (Å²) in [5.74, 6) is 1.64. The number of anilines is 1. The molecule has 0 bridgehead atoms. The van der Waals surface area contributed by atoms with E-state index >= 15 is 0 Å². The van der Waals surface area contributed by atoms with Crippen molar-refractivity contribution in [3.05, 3.63) is 24.3 Å². The molecule has 0 amide bonds. The molecule has 1 aliphatic heterocycles. The number of fused-ring (bicyclic) bond motifs is 1. The fourth-order valence-electron chi connectivity index (χ4n) is 2.55. The first-order valence-corrected chi connectivity index (χ1v) is 6.89. The summed E-state index contributed by atoms with van der Waals surface area (Å²) in [5, 5.41) is 0. The first-order valence-electron chi connectivity index (χ1n) is 6.89. The topological polar surface area (TPSA) is 38.5 Å². The van der Waals surface area contributed by atoms with Crippen molar-refractivity contribution in [3.63, 3.8) is 0 Å². The molecule has 2 N–H and O–H groups in total. The van der Waals surface area contributed by atoms with E-state index in [4.69, 9.17) is 10.5 Å². The van der Waals surface area contributed by atoms with Crippen LogP contribution in [0.1, 0.15) is 26.7 Å².